The van der Waals surface area contributed by atoms with Crippen LogP contribution < -0.4 is 16.0 Å². The number of nitrogens with two attached hydrogens (primary N) is 1. The highest BCUT2D eigenvalue weighted by Crippen LogP contribution is 2.28. The van der Waals surface area contributed by atoms with E-state index in [9.17, 15) is 15.0 Å². The van der Waals surface area contributed by atoms with Gasteiger partial charge in [0, 0.05) is 10.9 Å². The van der Waals surface area contributed by atoms with Crippen LogP contribution in [-0.2, 0) is 4.79 Å². The molecule has 0 aliphatic rings. The Kier molecular flexibility index (Phi) is 6.79. The number of amides is 1. The van der Waals surface area contributed by atoms with Gasteiger partial charge >= 0.3 is 0 Å². The molecule has 6 nitrogen and oxygen atoms in total. The quantitative estimate of drug-likeness (QED) is 0.248. The number of aliphatic hydroxyl groups is 2. The zero-order valence-corrected chi connectivity index (χ0v) is 11.8. The first kappa shape index (κ1) is 15.9. The van der Waals surface area contributed by atoms with Gasteiger partial charge in [-0.2, -0.15) is 0 Å². The highest BCUT2D eigenvalue weighted by atomic mass is 79.9. The van der Waals surface area contributed by atoms with E-state index in [2.05, 4.69) is 15.9 Å². The van der Waals surface area contributed by atoms with Crippen molar-refractivity contribution in [2.75, 3.05) is 11.9 Å². The Balaban J connectivity index is 2.80. The van der Waals surface area contributed by atoms with Gasteiger partial charge in [0.05, 0.1) is 6.10 Å². The maximum absolute atomic E-state index is 11.0. The molecule has 106 valence electrons. The number of rotatable bonds is 7. The zero-order chi connectivity index (χ0) is 14.3. The highest BCUT2D eigenvalue weighted by molar-refractivity contribution is 9.09. The maximum Gasteiger partial charge on any atom is 0.271 e. The number of carbonyl (C=O) groups is 1. The van der Waals surface area contributed by atoms with Crippen molar-refractivity contribution in [2.24, 2.45) is 5.84 Å². The van der Waals surface area contributed by atoms with Gasteiger partial charge in [-0.05, 0) is 12.5 Å². The van der Waals surface area contributed by atoms with Crippen LogP contribution in [0, 0.1) is 0 Å². The number of hydrogen-bond donors (Lipinski definition) is 4. The summed E-state index contributed by atoms with van der Waals surface area (Å²) in [5.74, 6) is 4.81. The predicted octanol–water partition coefficient (Wildman–Crippen LogP) is 0.235. The number of hydrazine groups is 1. The summed E-state index contributed by atoms with van der Waals surface area (Å²) in [7, 11) is 0. The number of para-hydroxylation sites is 1. The second-order valence-electron chi connectivity index (χ2n) is 3.88. The van der Waals surface area contributed by atoms with Crippen molar-refractivity contribution in [2.45, 2.75) is 18.6 Å². The van der Waals surface area contributed by atoms with E-state index in [4.69, 9.17) is 10.6 Å². The van der Waals surface area contributed by atoms with Gasteiger partial charge in [-0.1, -0.05) is 34.1 Å². The smallest absolute Gasteiger partial charge is 0.271 e. The Morgan fingerprint density at radius 1 is 1.42 bits per heavy atom. The number of alkyl halides is 1. The number of hydrogen-bond acceptors (Lipinski definition) is 5. The summed E-state index contributed by atoms with van der Waals surface area (Å²) >= 11 is 3.20. The molecule has 0 radical (unpaired) electrons. The molecular weight excluding hydrogens is 316 g/mol. The molecule has 0 aliphatic heterocycles. The molecule has 1 aromatic rings. The molecule has 0 aromatic heterocycles. The topological polar surface area (TPSA) is 105 Å². The molecule has 0 aliphatic carbocycles. The lowest BCUT2D eigenvalue weighted by Crippen LogP contribution is -2.34. The second kappa shape index (κ2) is 8.11. The van der Waals surface area contributed by atoms with Gasteiger partial charge in [-0.25, -0.2) is 5.84 Å². The van der Waals surface area contributed by atoms with E-state index in [0.29, 0.717) is 23.1 Å². The van der Waals surface area contributed by atoms with Gasteiger partial charge in [0.15, 0.2) is 6.61 Å². The zero-order valence-electron chi connectivity index (χ0n) is 10.3. The molecule has 0 saturated carbocycles. The van der Waals surface area contributed by atoms with E-state index in [1.165, 1.54) is 0 Å². The average Bonchev–Trinajstić information content (AvgIpc) is 2.44. The number of nitrogens with one attached hydrogen (secondary N) is 1. The summed E-state index contributed by atoms with van der Waals surface area (Å²) < 4.78 is 5.26. The summed E-state index contributed by atoms with van der Waals surface area (Å²) in [6.45, 7) is -0.255. The van der Waals surface area contributed by atoms with E-state index in [0.717, 1.165) is 0 Å². The van der Waals surface area contributed by atoms with E-state index < -0.39 is 18.1 Å². The Morgan fingerprint density at radius 2 is 2.11 bits per heavy atom. The van der Waals surface area contributed by atoms with Crippen molar-refractivity contribution < 1.29 is 19.7 Å². The Labute approximate surface area is 119 Å². The van der Waals surface area contributed by atoms with Gasteiger partial charge < -0.3 is 14.9 Å². The van der Waals surface area contributed by atoms with Crippen molar-refractivity contribution >= 4 is 21.8 Å². The fourth-order valence-electron chi connectivity index (χ4n) is 1.52. The first-order chi connectivity index (χ1) is 9.10. The molecule has 0 bridgehead atoms. The van der Waals surface area contributed by atoms with Gasteiger partial charge in [-0.15, -0.1) is 0 Å². The molecule has 5 N–H and O–H groups in total. The number of carbonyl (C=O) groups excluding carboxylic acids is 1. The van der Waals surface area contributed by atoms with Gasteiger partial charge in [-0.3, -0.25) is 10.2 Å². The number of aliphatic hydroxyl groups excluding tert-OH is 2. The monoisotopic (exact) mass is 332 g/mol. The first-order valence-electron chi connectivity index (χ1n) is 5.73. The van der Waals surface area contributed by atoms with Crippen molar-refractivity contribution in [3.63, 3.8) is 0 Å². The Bertz CT molecular complexity index is 416. The lowest BCUT2D eigenvalue weighted by Gasteiger charge is -2.20. The van der Waals surface area contributed by atoms with E-state index >= 15 is 0 Å². The summed E-state index contributed by atoms with van der Waals surface area (Å²) in [5, 5.41) is 20.4. The second-order valence-corrected chi connectivity index (χ2v) is 4.68. The highest BCUT2D eigenvalue weighted by Gasteiger charge is 2.21. The first-order valence-corrected chi connectivity index (χ1v) is 6.85. The Morgan fingerprint density at radius 3 is 2.74 bits per heavy atom. The average molecular weight is 333 g/mol. The molecule has 2 unspecified atom stereocenters. The molecule has 19 heavy (non-hydrogen) atoms. The third-order valence-corrected chi connectivity index (χ3v) is 2.98. The van der Waals surface area contributed by atoms with E-state index in [1.807, 2.05) is 5.43 Å². The Hall–Kier alpha value is -1.15. The lowest BCUT2D eigenvalue weighted by atomic mass is 10.0. The van der Waals surface area contributed by atoms with Gasteiger partial charge in [0.25, 0.3) is 5.91 Å². The summed E-state index contributed by atoms with van der Waals surface area (Å²) in [6, 6.07) is 6.68. The number of halogens is 1. The largest absolute Gasteiger partial charge is 0.483 e. The van der Waals surface area contributed by atoms with Crippen molar-refractivity contribution in [1.29, 1.82) is 0 Å². The van der Waals surface area contributed by atoms with E-state index in [1.54, 1.807) is 24.3 Å². The molecule has 0 fully saturated rings. The minimum absolute atomic E-state index is 0.255. The van der Waals surface area contributed by atoms with Crippen LogP contribution in [0.4, 0.5) is 0 Å². The fraction of sp³-hybridized carbons (Fsp3) is 0.417. The molecule has 0 spiro atoms. The molecular formula is C12H17BrN2O4. The van der Waals surface area contributed by atoms with Gasteiger partial charge in [0.1, 0.15) is 11.9 Å². The van der Waals surface area contributed by atoms with Crippen LogP contribution in [0.25, 0.3) is 0 Å². The maximum atomic E-state index is 11.0. The number of benzene rings is 1. The molecule has 7 heteroatoms. The summed E-state index contributed by atoms with van der Waals surface area (Å²) in [5.41, 5.74) is 2.38. The van der Waals surface area contributed by atoms with Crippen LogP contribution >= 0.6 is 15.9 Å². The molecule has 2 atom stereocenters. The molecule has 1 aromatic carbocycles. The summed E-state index contributed by atoms with van der Waals surface area (Å²) in [6.07, 6.45) is -1.58. The SMILES string of the molecule is NNC(=O)COc1ccccc1C(O)C(O)CCBr. The normalized spacial score (nSPS) is 13.7. The molecule has 1 amide bonds. The van der Waals surface area contributed by atoms with Crippen molar-refractivity contribution in [1.82, 2.24) is 5.43 Å². The van der Waals surface area contributed by atoms with Crippen LogP contribution in [0.5, 0.6) is 5.75 Å². The van der Waals surface area contributed by atoms with Crippen LogP contribution in [0.2, 0.25) is 0 Å². The third-order valence-electron chi connectivity index (χ3n) is 2.53. The fourth-order valence-corrected chi connectivity index (χ4v) is 1.99. The van der Waals surface area contributed by atoms with Crippen molar-refractivity contribution in [3.8, 4) is 5.75 Å². The van der Waals surface area contributed by atoms with Crippen LogP contribution in [0.1, 0.15) is 18.1 Å². The van der Waals surface area contributed by atoms with E-state index in [-0.39, 0.29) is 6.61 Å². The van der Waals surface area contributed by atoms with Crippen LogP contribution in [-0.4, -0.2) is 34.2 Å². The molecule has 1 rings (SSSR count). The number of ether oxygens (including phenoxy) is 1. The molecule has 0 heterocycles. The van der Waals surface area contributed by atoms with Crippen molar-refractivity contribution in [3.05, 3.63) is 29.8 Å². The summed E-state index contributed by atoms with van der Waals surface area (Å²) in [4.78, 5) is 11.0. The predicted molar refractivity (Wildman–Crippen MR) is 73.6 cm³/mol. The lowest BCUT2D eigenvalue weighted by molar-refractivity contribution is -0.123. The standard InChI is InChI=1S/C12H17BrN2O4/c13-6-5-9(16)12(18)8-3-1-2-4-10(8)19-7-11(17)15-14/h1-4,9,12,16,18H,5-7,14H2,(H,15,17). The minimum Gasteiger partial charge on any atom is -0.483 e. The van der Waals surface area contributed by atoms with Crippen LogP contribution in [0.15, 0.2) is 24.3 Å². The van der Waals surface area contributed by atoms with Crippen LogP contribution in [0.3, 0.4) is 0 Å². The third kappa shape index (κ3) is 4.79. The minimum atomic E-state index is -1.07. The molecule has 0 saturated heterocycles. The van der Waals surface area contributed by atoms with Gasteiger partial charge in [0.2, 0.25) is 0 Å².